The third kappa shape index (κ3) is 7.27. The lowest BCUT2D eigenvalue weighted by Gasteiger charge is -2.33. The van der Waals surface area contributed by atoms with Crippen molar-refractivity contribution in [2.24, 2.45) is 0 Å². The van der Waals surface area contributed by atoms with Crippen molar-refractivity contribution in [2.45, 2.75) is 50.3 Å². The molecule has 0 aliphatic carbocycles. The fourth-order valence-corrected chi connectivity index (χ4v) is 5.81. The zero-order chi connectivity index (χ0) is 22.1. The Morgan fingerprint density at radius 1 is 0.935 bits per heavy atom. The number of aryl methyl sites for hydroxylation is 1. The molecule has 0 saturated carbocycles. The van der Waals surface area contributed by atoms with E-state index >= 15 is 0 Å². The van der Waals surface area contributed by atoms with Crippen molar-refractivity contribution in [3.05, 3.63) is 29.8 Å². The molecule has 2 heterocycles. The highest BCUT2D eigenvalue weighted by atomic mass is 32.2. The fourth-order valence-electron chi connectivity index (χ4n) is 4.29. The molecule has 0 spiro atoms. The Kier molecular flexibility index (Phi) is 9.31. The topological polar surface area (TPSA) is 73.0 Å². The SMILES string of the molecule is CCN1CCN(CCCNC(=O)CCc2ccc(S(=O)(=O)N3CCCCC3)cc2)CC1. The third-order valence-corrected chi connectivity index (χ3v) is 8.32. The molecule has 2 aliphatic rings. The van der Waals surface area contributed by atoms with Crippen LogP contribution in [0.3, 0.4) is 0 Å². The zero-order valence-electron chi connectivity index (χ0n) is 18.9. The van der Waals surface area contributed by atoms with Gasteiger partial charge in [-0.3, -0.25) is 4.79 Å². The van der Waals surface area contributed by atoms with Crippen LogP contribution in [0.2, 0.25) is 0 Å². The summed E-state index contributed by atoms with van der Waals surface area (Å²) in [4.78, 5) is 17.4. The van der Waals surface area contributed by atoms with Gasteiger partial charge in [0.05, 0.1) is 4.90 Å². The van der Waals surface area contributed by atoms with Gasteiger partial charge < -0.3 is 15.1 Å². The second kappa shape index (κ2) is 11.9. The molecule has 174 valence electrons. The average molecular weight is 451 g/mol. The van der Waals surface area contributed by atoms with Crippen LogP contribution in [0, 0.1) is 0 Å². The number of carbonyl (C=O) groups is 1. The van der Waals surface area contributed by atoms with E-state index in [9.17, 15) is 13.2 Å². The lowest BCUT2D eigenvalue weighted by molar-refractivity contribution is -0.121. The van der Waals surface area contributed by atoms with Gasteiger partial charge in [-0.1, -0.05) is 25.5 Å². The van der Waals surface area contributed by atoms with Crippen molar-refractivity contribution in [1.29, 1.82) is 0 Å². The van der Waals surface area contributed by atoms with Gasteiger partial charge in [-0.2, -0.15) is 4.31 Å². The van der Waals surface area contributed by atoms with Crippen LogP contribution in [0.25, 0.3) is 0 Å². The highest BCUT2D eigenvalue weighted by Crippen LogP contribution is 2.21. The van der Waals surface area contributed by atoms with E-state index in [4.69, 9.17) is 0 Å². The Bertz CT molecular complexity index is 784. The number of rotatable bonds is 10. The summed E-state index contributed by atoms with van der Waals surface area (Å²) in [6.45, 7) is 10.8. The number of benzene rings is 1. The normalized spacial score (nSPS) is 19.4. The number of amides is 1. The summed E-state index contributed by atoms with van der Waals surface area (Å²) in [6, 6.07) is 7.02. The molecule has 7 nitrogen and oxygen atoms in total. The molecular formula is C23H38N4O3S. The molecule has 1 aromatic rings. The van der Waals surface area contributed by atoms with Crippen molar-refractivity contribution in [3.8, 4) is 0 Å². The molecule has 8 heteroatoms. The number of sulfonamides is 1. The first-order chi connectivity index (χ1) is 15.0. The maximum Gasteiger partial charge on any atom is 0.243 e. The summed E-state index contributed by atoms with van der Waals surface area (Å²) in [5.41, 5.74) is 0.988. The van der Waals surface area contributed by atoms with Crippen molar-refractivity contribution in [2.75, 3.05) is 58.9 Å². The lowest BCUT2D eigenvalue weighted by atomic mass is 10.1. The van der Waals surface area contributed by atoms with E-state index in [2.05, 4.69) is 22.0 Å². The number of likely N-dealkylation sites (N-methyl/N-ethyl adjacent to an activating group) is 1. The molecule has 2 saturated heterocycles. The van der Waals surface area contributed by atoms with Gasteiger partial charge in [0.1, 0.15) is 0 Å². The summed E-state index contributed by atoms with van der Waals surface area (Å²) in [6.07, 6.45) is 4.98. The van der Waals surface area contributed by atoms with Crippen LogP contribution in [0.4, 0.5) is 0 Å². The van der Waals surface area contributed by atoms with Crippen molar-refractivity contribution in [1.82, 2.24) is 19.4 Å². The quantitative estimate of drug-likeness (QED) is 0.552. The summed E-state index contributed by atoms with van der Waals surface area (Å²) >= 11 is 0. The first-order valence-corrected chi connectivity index (χ1v) is 13.2. The number of piperidine rings is 1. The molecule has 2 fully saturated rings. The predicted octanol–water partition coefficient (Wildman–Crippen LogP) is 1.94. The van der Waals surface area contributed by atoms with E-state index in [0.717, 1.165) is 70.5 Å². The van der Waals surface area contributed by atoms with Crippen LogP contribution in [-0.4, -0.2) is 87.3 Å². The maximum atomic E-state index is 12.7. The number of hydrogen-bond acceptors (Lipinski definition) is 5. The molecule has 0 atom stereocenters. The van der Waals surface area contributed by atoms with Gasteiger partial charge in [0, 0.05) is 52.2 Å². The van der Waals surface area contributed by atoms with E-state index in [1.165, 1.54) is 0 Å². The van der Waals surface area contributed by atoms with Crippen molar-refractivity contribution >= 4 is 15.9 Å². The van der Waals surface area contributed by atoms with Gasteiger partial charge in [0.15, 0.2) is 0 Å². The summed E-state index contributed by atoms with van der Waals surface area (Å²) in [5, 5.41) is 3.01. The van der Waals surface area contributed by atoms with Crippen LogP contribution in [0.15, 0.2) is 29.2 Å². The van der Waals surface area contributed by atoms with Gasteiger partial charge in [-0.15, -0.1) is 0 Å². The number of nitrogens with zero attached hydrogens (tertiary/aromatic N) is 3. The minimum atomic E-state index is -3.39. The van der Waals surface area contributed by atoms with Crippen LogP contribution in [-0.2, 0) is 21.2 Å². The van der Waals surface area contributed by atoms with Crippen molar-refractivity contribution in [3.63, 3.8) is 0 Å². The highest BCUT2D eigenvalue weighted by Gasteiger charge is 2.25. The first kappa shape index (κ1) is 24.2. The van der Waals surface area contributed by atoms with Crippen LogP contribution in [0.1, 0.15) is 44.6 Å². The molecular weight excluding hydrogens is 412 g/mol. The highest BCUT2D eigenvalue weighted by molar-refractivity contribution is 7.89. The van der Waals surface area contributed by atoms with E-state index in [1.807, 2.05) is 12.1 Å². The minimum absolute atomic E-state index is 0.0563. The number of hydrogen-bond donors (Lipinski definition) is 1. The number of nitrogens with one attached hydrogen (secondary N) is 1. The standard InChI is InChI=1S/C23H38N4O3S/c1-2-25-17-19-26(20-18-25)14-6-13-24-23(28)12-9-21-7-10-22(11-8-21)31(29,30)27-15-4-3-5-16-27/h7-8,10-11H,2-6,9,12-20H2,1H3,(H,24,28). The van der Waals surface area contributed by atoms with Crippen LogP contribution < -0.4 is 5.32 Å². The van der Waals surface area contributed by atoms with Gasteiger partial charge >= 0.3 is 0 Å². The Labute approximate surface area is 187 Å². The molecule has 1 amide bonds. The van der Waals surface area contributed by atoms with Gasteiger partial charge in [-0.25, -0.2) is 8.42 Å². The Morgan fingerprint density at radius 2 is 1.58 bits per heavy atom. The van der Waals surface area contributed by atoms with Crippen LogP contribution in [0.5, 0.6) is 0 Å². The molecule has 0 aromatic heterocycles. The first-order valence-electron chi connectivity index (χ1n) is 11.8. The molecule has 1 aromatic carbocycles. The molecule has 2 aliphatic heterocycles. The monoisotopic (exact) mass is 450 g/mol. The number of carbonyl (C=O) groups excluding carboxylic acids is 1. The Morgan fingerprint density at radius 3 is 2.23 bits per heavy atom. The second-order valence-electron chi connectivity index (χ2n) is 8.59. The van der Waals surface area contributed by atoms with E-state index in [-0.39, 0.29) is 5.91 Å². The second-order valence-corrected chi connectivity index (χ2v) is 10.5. The molecule has 3 rings (SSSR count). The lowest BCUT2D eigenvalue weighted by Crippen LogP contribution is -2.46. The minimum Gasteiger partial charge on any atom is -0.356 e. The van der Waals surface area contributed by atoms with Gasteiger partial charge in [0.2, 0.25) is 15.9 Å². The third-order valence-electron chi connectivity index (χ3n) is 6.40. The van der Waals surface area contributed by atoms with E-state index in [1.54, 1.807) is 16.4 Å². The maximum absolute atomic E-state index is 12.7. The summed E-state index contributed by atoms with van der Waals surface area (Å²) in [7, 11) is -3.39. The fraction of sp³-hybridized carbons (Fsp3) is 0.696. The average Bonchev–Trinajstić information content (AvgIpc) is 2.81. The Hall–Kier alpha value is -1.48. The molecule has 31 heavy (non-hydrogen) atoms. The molecule has 1 N–H and O–H groups in total. The van der Waals surface area contributed by atoms with Gasteiger partial charge in [0.25, 0.3) is 0 Å². The number of piperazine rings is 1. The van der Waals surface area contributed by atoms with E-state index in [0.29, 0.717) is 37.4 Å². The van der Waals surface area contributed by atoms with Crippen molar-refractivity contribution < 1.29 is 13.2 Å². The summed E-state index contributed by atoms with van der Waals surface area (Å²) < 4.78 is 27.0. The molecule has 0 bridgehead atoms. The zero-order valence-corrected chi connectivity index (χ0v) is 19.7. The Balaban J connectivity index is 1.34. The molecule has 0 radical (unpaired) electrons. The smallest absolute Gasteiger partial charge is 0.243 e. The largest absolute Gasteiger partial charge is 0.356 e. The van der Waals surface area contributed by atoms with Gasteiger partial charge in [-0.05, 0) is 56.5 Å². The predicted molar refractivity (Wildman–Crippen MR) is 124 cm³/mol. The van der Waals surface area contributed by atoms with E-state index < -0.39 is 10.0 Å². The van der Waals surface area contributed by atoms with Crippen LogP contribution >= 0.6 is 0 Å². The summed E-state index contributed by atoms with van der Waals surface area (Å²) in [5.74, 6) is 0.0563. The molecule has 0 unspecified atom stereocenters.